The highest BCUT2D eigenvalue weighted by molar-refractivity contribution is 5.75. The van der Waals surface area contributed by atoms with Crippen LogP contribution in [0.5, 0.6) is 5.75 Å². The number of rotatable bonds is 4. The van der Waals surface area contributed by atoms with Crippen LogP contribution >= 0.6 is 0 Å². The number of ether oxygens (including phenoxy) is 1. The van der Waals surface area contributed by atoms with Gasteiger partial charge in [0.25, 0.3) is 0 Å². The summed E-state index contributed by atoms with van der Waals surface area (Å²) in [6, 6.07) is 11.7. The standard InChI is InChI=1S/C17H15N3O/c1-2-3-4-12-21-14-9-7-13(8-10-14)16-19-15-6-5-11-18-17(15)20-16/h5-11H,4,12H2,1H3,(H,18,19,20). The predicted octanol–water partition coefficient (Wildman–Crippen LogP) is 3.42. The smallest absolute Gasteiger partial charge is 0.178 e. The van der Waals surface area contributed by atoms with Gasteiger partial charge in [0.15, 0.2) is 5.65 Å². The van der Waals surface area contributed by atoms with E-state index in [1.165, 1.54) is 0 Å². The first kappa shape index (κ1) is 13.2. The van der Waals surface area contributed by atoms with E-state index in [4.69, 9.17) is 4.74 Å². The fourth-order valence-corrected chi connectivity index (χ4v) is 2.04. The Bertz CT molecular complexity index is 761. The number of fused-ring (bicyclic) bond motifs is 1. The van der Waals surface area contributed by atoms with Crippen molar-refractivity contribution in [1.29, 1.82) is 0 Å². The van der Waals surface area contributed by atoms with Gasteiger partial charge in [-0.25, -0.2) is 9.97 Å². The topological polar surface area (TPSA) is 50.8 Å². The third kappa shape index (κ3) is 3.03. The third-order valence-electron chi connectivity index (χ3n) is 3.06. The average Bonchev–Trinajstić information content (AvgIpc) is 2.96. The molecule has 0 fully saturated rings. The van der Waals surface area contributed by atoms with Gasteiger partial charge in [-0.1, -0.05) is 0 Å². The van der Waals surface area contributed by atoms with Crippen molar-refractivity contribution >= 4 is 11.2 Å². The average molecular weight is 277 g/mol. The van der Waals surface area contributed by atoms with Crippen molar-refractivity contribution in [3.05, 3.63) is 42.6 Å². The van der Waals surface area contributed by atoms with Crippen molar-refractivity contribution in [3.8, 4) is 29.0 Å². The number of H-pyrrole nitrogens is 1. The van der Waals surface area contributed by atoms with Gasteiger partial charge in [-0.3, -0.25) is 0 Å². The first-order chi connectivity index (χ1) is 10.4. The molecule has 0 aliphatic rings. The monoisotopic (exact) mass is 277 g/mol. The summed E-state index contributed by atoms with van der Waals surface area (Å²) in [6.45, 7) is 2.44. The van der Waals surface area contributed by atoms with Crippen molar-refractivity contribution in [3.63, 3.8) is 0 Å². The maximum atomic E-state index is 5.61. The molecule has 21 heavy (non-hydrogen) atoms. The minimum atomic E-state index is 0.606. The van der Waals surface area contributed by atoms with Gasteiger partial charge in [-0.15, -0.1) is 11.8 Å². The molecule has 2 aromatic heterocycles. The summed E-state index contributed by atoms with van der Waals surface area (Å²) < 4.78 is 5.61. The van der Waals surface area contributed by atoms with E-state index >= 15 is 0 Å². The summed E-state index contributed by atoms with van der Waals surface area (Å²) in [5, 5.41) is 0. The zero-order valence-electron chi connectivity index (χ0n) is 11.8. The Morgan fingerprint density at radius 1 is 1.19 bits per heavy atom. The van der Waals surface area contributed by atoms with Gasteiger partial charge in [-0.05, 0) is 43.3 Å². The van der Waals surface area contributed by atoms with Crippen LogP contribution in [-0.4, -0.2) is 21.6 Å². The molecule has 0 unspecified atom stereocenters. The number of benzene rings is 1. The number of aromatic amines is 1. The minimum absolute atomic E-state index is 0.606. The summed E-state index contributed by atoms with van der Waals surface area (Å²) in [4.78, 5) is 12.0. The van der Waals surface area contributed by atoms with Gasteiger partial charge < -0.3 is 9.72 Å². The molecule has 0 aliphatic heterocycles. The lowest BCUT2D eigenvalue weighted by atomic mass is 10.2. The van der Waals surface area contributed by atoms with Crippen LogP contribution in [0.25, 0.3) is 22.6 Å². The van der Waals surface area contributed by atoms with E-state index in [1.807, 2.05) is 43.3 Å². The number of imidazole rings is 1. The highest BCUT2D eigenvalue weighted by atomic mass is 16.5. The van der Waals surface area contributed by atoms with Gasteiger partial charge >= 0.3 is 0 Å². The zero-order chi connectivity index (χ0) is 14.5. The Labute approximate surface area is 123 Å². The highest BCUT2D eigenvalue weighted by Crippen LogP contribution is 2.22. The maximum Gasteiger partial charge on any atom is 0.178 e. The summed E-state index contributed by atoms with van der Waals surface area (Å²) in [7, 11) is 0. The number of nitrogens with one attached hydrogen (secondary N) is 1. The van der Waals surface area contributed by atoms with Crippen LogP contribution in [0.2, 0.25) is 0 Å². The summed E-state index contributed by atoms with van der Waals surface area (Å²) >= 11 is 0. The van der Waals surface area contributed by atoms with E-state index in [0.717, 1.165) is 34.7 Å². The molecule has 0 radical (unpaired) electrons. The number of pyridine rings is 1. The second kappa shape index (κ2) is 6.10. The van der Waals surface area contributed by atoms with Crippen LogP contribution in [0.15, 0.2) is 42.6 Å². The fourth-order valence-electron chi connectivity index (χ4n) is 2.04. The lowest BCUT2D eigenvalue weighted by Gasteiger charge is -2.04. The first-order valence-corrected chi connectivity index (χ1v) is 6.80. The first-order valence-electron chi connectivity index (χ1n) is 6.80. The Morgan fingerprint density at radius 2 is 2.05 bits per heavy atom. The summed E-state index contributed by atoms with van der Waals surface area (Å²) in [5.41, 5.74) is 2.67. The van der Waals surface area contributed by atoms with Crippen LogP contribution < -0.4 is 4.74 Å². The van der Waals surface area contributed by atoms with E-state index < -0.39 is 0 Å². The van der Waals surface area contributed by atoms with Gasteiger partial charge in [0.2, 0.25) is 0 Å². The van der Waals surface area contributed by atoms with E-state index in [0.29, 0.717) is 6.61 Å². The highest BCUT2D eigenvalue weighted by Gasteiger charge is 2.05. The lowest BCUT2D eigenvalue weighted by molar-refractivity contribution is 0.327. The molecule has 0 saturated heterocycles. The Hall–Kier alpha value is -2.80. The molecule has 0 atom stereocenters. The van der Waals surface area contributed by atoms with Gasteiger partial charge in [-0.2, -0.15) is 0 Å². The van der Waals surface area contributed by atoms with E-state index in [2.05, 4.69) is 26.8 Å². The quantitative estimate of drug-likeness (QED) is 0.587. The molecular weight excluding hydrogens is 262 g/mol. The van der Waals surface area contributed by atoms with Crippen LogP contribution in [0.4, 0.5) is 0 Å². The van der Waals surface area contributed by atoms with Crippen molar-refractivity contribution in [2.75, 3.05) is 6.61 Å². The molecule has 1 N–H and O–H groups in total. The molecule has 2 heterocycles. The van der Waals surface area contributed by atoms with E-state index in [1.54, 1.807) is 6.20 Å². The van der Waals surface area contributed by atoms with Crippen molar-refractivity contribution in [1.82, 2.24) is 15.0 Å². The molecule has 0 bridgehead atoms. The Balaban J connectivity index is 1.75. The van der Waals surface area contributed by atoms with Crippen molar-refractivity contribution < 1.29 is 4.74 Å². The molecule has 0 amide bonds. The van der Waals surface area contributed by atoms with E-state index in [9.17, 15) is 0 Å². The largest absolute Gasteiger partial charge is 0.493 e. The lowest BCUT2D eigenvalue weighted by Crippen LogP contribution is -1.95. The Kier molecular flexibility index (Phi) is 3.83. The molecule has 3 rings (SSSR count). The number of aromatic nitrogens is 3. The van der Waals surface area contributed by atoms with Crippen LogP contribution in [-0.2, 0) is 0 Å². The van der Waals surface area contributed by atoms with Gasteiger partial charge in [0, 0.05) is 18.2 Å². The molecule has 0 aliphatic carbocycles. The van der Waals surface area contributed by atoms with Crippen LogP contribution in [0, 0.1) is 11.8 Å². The number of hydrogen-bond acceptors (Lipinski definition) is 3. The number of hydrogen-bond donors (Lipinski definition) is 1. The van der Waals surface area contributed by atoms with Crippen LogP contribution in [0.3, 0.4) is 0 Å². The van der Waals surface area contributed by atoms with Crippen molar-refractivity contribution in [2.24, 2.45) is 0 Å². The van der Waals surface area contributed by atoms with Gasteiger partial charge in [0.05, 0.1) is 12.1 Å². The zero-order valence-corrected chi connectivity index (χ0v) is 11.8. The molecule has 0 saturated carbocycles. The van der Waals surface area contributed by atoms with Crippen molar-refractivity contribution in [2.45, 2.75) is 13.3 Å². The van der Waals surface area contributed by atoms with Crippen LogP contribution in [0.1, 0.15) is 13.3 Å². The molecule has 3 aromatic rings. The van der Waals surface area contributed by atoms with Gasteiger partial charge in [0.1, 0.15) is 11.6 Å². The molecule has 4 nitrogen and oxygen atoms in total. The Morgan fingerprint density at radius 3 is 2.81 bits per heavy atom. The normalized spacial score (nSPS) is 10.1. The maximum absolute atomic E-state index is 5.61. The predicted molar refractivity (Wildman–Crippen MR) is 82.9 cm³/mol. The summed E-state index contributed by atoms with van der Waals surface area (Å²) in [5.74, 6) is 7.47. The SMILES string of the molecule is CC#CCCOc1ccc(-c2nc3ncccc3[nH]2)cc1. The third-order valence-corrected chi connectivity index (χ3v) is 3.06. The molecule has 104 valence electrons. The minimum Gasteiger partial charge on any atom is -0.493 e. The molecule has 1 aromatic carbocycles. The summed E-state index contributed by atoms with van der Waals surface area (Å²) in [6.07, 6.45) is 2.48. The fraction of sp³-hybridized carbons (Fsp3) is 0.176. The molecule has 0 spiro atoms. The second-order valence-electron chi connectivity index (χ2n) is 4.51. The van der Waals surface area contributed by atoms with E-state index in [-0.39, 0.29) is 0 Å². The second-order valence-corrected chi connectivity index (χ2v) is 4.51. The molecular formula is C17H15N3O. The number of nitrogens with zero attached hydrogens (tertiary/aromatic N) is 2. The molecule has 4 heteroatoms.